The van der Waals surface area contributed by atoms with Gasteiger partial charge in [-0.05, 0) is 14.1 Å². The number of rotatable bonds is 9. The van der Waals surface area contributed by atoms with E-state index in [1.807, 2.05) is 0 Å². The smallest absolute Gasteiger partial charge is 0.322 e. The average molecular weight is 512 g/mol. The summed E-state index contributed by atoms with van der Waals surface area (Å²) in [4.78, 5) is 47.5. The van der Waals surface area contributed by atoms with Crippen LogP contribution in [-0.2, 0) is 28.5 Å². The highest BCUT2D eigenvalue weighted by Gasteiger charge is 2.48. The Morgan fingerprint density at radius 1 is 0.722 bits per heavy atom. The first-order valence-corrected chi connectivity index (χ1v) is 10.4. The van der Waals surface area contributed by atoms with E-state index >= 15 is 0 Å². The molecule has 2 atom stereocenters. The molecule has 2 unspecified atom stereocenters. The predicted molar refractivity (Wildman–Crippen MR) is 119 cm³/mol. The van der Waals surface area contributed by atoms with Crippen molar-refractivity contribution in [2.24, 2.45) is 11.8 Å². The number of carboxylic acid groups (broad SMARTS) is 2. The van der Waals surface area contributed by atoms with Gasteiger partial charge in [-0.3, -0.25) is 9.59 Å². The molecule has 0 fully saturated rings. The molecule has 0 aromatic heterocycles. The summed E-state index contributed by atoms with van der Waals surface area (Å²) in [6, 6.07) is -1.16. The van der Waals surface area contributed by atoms with E-state index in [-0.39, 0.29) is 0 Å². The predicted octanol–water partition coefficient (Wildman–Crippen LogP) is -0.509. The number of amides is 4. The summed E-state index contributed by atoms with van der Waals surface area (Å²) >= 11 is 0. The van der Waals surface area contributed by atoms with Crippen LogP contribution in [-0.4, -0.2) is 60.1 Å². The fourth-order valence-electron chi connectivity index (χ4n) is 3.17. The van der Waals surface area contributed by atoms with Gasteiger partial charge >= 0.3 is 35.8 Å². The Morgan fingerprint density at radius 2 is 1.00 bits per heavy atom. The Labute approximate surface area is 205 Å². The fourth-order valence-corrected chi connectivity index (χ4v) is 3.17. The summed E-state index contributed by atoms with van der Waals surface area (Å²) in [6.45, 7) is 0. The van der Waals surface area contributed by atoms with Crippen LogP contribution in [0.2, 0.25) is 0 Å². The lowest BCUT2D eigenvalue weighted by molar-refractivity contribution is -0.225. The third-order valence-electron chi connectivity index (χ3n) is 5.02. The molecule has 0 aliphatic carbocycles. The lowest BCUT2D eigenvalue weighted by atomic mass is 9.84. The normalized spacial score (nSPS) is 23.8. The van der Waals surface area contributed by atoms with Crippen LogP contribution in [0.25, 0.3) is 0 Å². The van der Waals surface area contributed by atoms with Crippen LogP contribution in [0, 0.1) is 11.8 Å². The summed E-state index contributed by atoms with van der Waals surface area (Å²) in [6.07, 6.45) is 7.70. The molecule has 0 radical (unpaired) electrons. The highest BCUT2D eigenvalue weighted by Crippen LogP contribution is 2.33. The standard InChI is InChI=1S/C20H28N6O10/c1-21-19(33-7-3-23-17(31)24-4-8-34-19)11-13(15(27)28)14(16(29)30)12-20(22-2)35-9-5-25-18(32)26-6-10-36-20/h3-10,13-14,21-22H,11-12H2,1-2H3,(H,27,28)(H,29,30)(H2,23,24,31)(H2,25,26,32)/b7-3-,8-4-,9-5-,10-6-. The summed E-state index contributed by atoms with van der Waals surface area (Å²) in [5, 5.41) is 34.7. The summed E-state index contributed by atoms with van der Waals surface area (Å²) in [5.41, 5.74) is 0. The van der Waals surface area contributed by atoms with E-state index in [0.29, 0.717) is 0 Å². The minimum Gasteiger partial charge on any atom is -0.481 e. The first kappa shape index (κ1) is 27.8. The molecule has 16 heteroatoms. The van der Waals surface area contributed by atoms with E-state index in [0.717, 1.165) is 49.8 Å². The molecule has 2 heterocycles. The molecule has 198 valence electrons. The molecule has 2 aliphatic rings. The number of ether oxygens (including phenoxy) is 4. The van der Waals surface area contributed by atoms with Crippen molar-refractivity contribution < 1.29 is 48.3 Å². The minimum atomic E-state index is -1.84. The number of carbonyl (C=O) groups excluding carboxylic acids is 2. The van der Waals surface area contributed by atoms with Crippen molar-refractivity contribution in [2.75, 3.05) is 14.1 Å². The van der Waals surface area contributed by atoms with Gasteiger partial charge < -0.3 is 50.4 Å². The first-order chi connectivity index (χ1) is 17.2. The number of carboxylic acids is 2. The molecule has 4 amide bonds. The van der Waals surface area contributed by atoms with E-state index in [1.54, 1.807) is 0 Å². The van der Waals surface area contributed by atoms with E-state index in [1.165, 1.54) is 14.1 Å². The van der Waals surface area contributed by atoms with Gasteiger partial charge in [-0.1, -0.05) is 0 Å². The summed E-state index contributed by atoms with van der Waals surface area (Å²) in [7, 11) is 2.82. The number of urea groups is 2. The van der Waals surface area contributed by atoms with Crippen molar-refractivity contribution >= 4 is 24.0 Å². The Kier molecular flexibility index (Phi) is 9.93. The first-order valence-electron chi connectivity index (χ1n) is 10.4. The van der Waals surface area contributed by atoms with Gasteiger partial charge in [0.05, 0.1) is 24.7 Å². The van der Waals surface area contributed by atoms with Gasteiger partial charge in [-0.15, -0.1) is 0 Å². The Bertz CT molecular complexity index is 820. The van der Waals surface area contributed by atoms with Crippen molar-refractivity contribution in [3.05, 3.63) is 49.8 Å². The van der Waals surface area contributed by atoms with Crippen LogP contribution in [0.5, 0.6) is 0 Å². The Morgan fingerprint density at radius 3 is 1.22 bits per heavy atom. The van der Waals surface area contributed by atoms with E-state index in [2.05, 4.69) is 31.9 Å². The van der Waals surface area contributed by atoms with Gasteiger partial charge in [0.1, 0.15) is 25.0 Å². The number of aliphatic carboxylic acids is 2. The molecular weight excluding hydrogens is 484 g/mol. The lowest BCUT2D eigenvalue weighted by Gasteiger charge is -2.37. The largest absolute Gasteiger partial charge is 0.481 e. The van der Waals surface area contributed by atoms with Gasteiger partial charge in [0.15, 0.2) is 0 Å². The van der Waals surface area contributed by atoms with Crippen LogP contribution >= 0.6 is 0 Å². The molecule has 8 N–H and O–H groups in total. The van der Waals surface area contributed by atoms with Crippen molar-refractivity contribution in [3.63, 3.8) is 0 Å². The maximum absolute atomic E-state index is 12.3. The second-order valence-electron chi connectivity index (χ2n) is 7.22. The molecule has 2 rings (SSSR count). The fraction of sp³-hybridized carbons (Fsp3) is 0.400. The molecule has 0 spiro atoms. The lowest BCUT2D eigenvalue weighted by Crippen LogP contribution is -2.53. The molecule has 2 aliphatic heterocycles. The van der Waals surface area contributed by atoms with Gasteiger partial charge in [-0.2, -0.15) is 0 Å². The van der Waals surface area contributed by atoms with Crippen LogP contribution < -0.4 is 31.9 Å². The number of nitrogens with one attached hydrogen (secondary N) is 6. The molecule has 36 heavy (non-hydrogen) atoms. The average Bonchev–Trinajstić information content (AvgIpc) is 2.85. The molecular formula is C20H28N6O10. The zero-order valence-corrected chi connectivity index (χ0v) is 19.3. The number of carbonyl (C=O) groups is 4. The van der Waals surface area contributed by atoms with E-state index in [9.17, 15) is 29.4 Å². The maximum Gasteiger partial charge on any atom is 0.322 e. The topological polar surface area (TPSA) is 218 Å². The third kappa shape index (κ3) is 7.81. The minimum absolute atomic E-state index is 0.512. The van der Waals surface area contributed by atoms with Crippen LogP contribution in [0.1, 0.15) is 12.8 Å². The number of hydrogen-bond acceptors (Lipinski definition) is 10. The maximum atomic E-state index is 12.3. The molecule has 0 saturated carbocycles. The van der Waals surface area contributed by atoms with Crippen molar-refractivity contribution in [1.29, 1.82) is 0 Å². The van der Waals surface area contributed by atoms with Crippen molar-refractivity contribution in [1.82, 2.24) is 31.9 Å². The SMILES string of the molecule is CNC1(CC(C(=O)O)C(CC2(NC)O/C=C\NC(=O)N/C=C\O2)C(=O)O)O/C=C\NC(=O)N/C=C\O1. The monoisotopic (exact) mass is 512 g/mol. The number of hydrogen-bond donors (Lipinski definition) is 8. The zero-order valence-electron chi connectivity index (χ0n) is 19.3. The van der Waals surface area contributed by atoms with Gasteiger partial charge in [0.25, 0.3) is 0 Å². The molecule has 0 bridgehead atoms. The quantitative estimate of drug-likeness (QED) is 0.196. The Balaban J connectivity index is 2.37. The zero-order chi connectivity index (χ0) is 26.6. The summed E-state index contributed by atoms with van der Waals surface area (Å²) in [5.74, 6) is -9.83. The molecule has 0 aromatic rings. The third-order valence-corrected chi connectivity index (χ3v) is 5.02. The van der Waals surface area contributed by atoms with E-state index in [4.69, 9.17) is 18.9 Å². The highest BCUT2D eigenvalue weighted by atomic mass is 16.7. The molecule has 0 aromatic carbocycles. The van der Waals surface area contributed by atoms with Crippen molar-refractivity contribution in [2.45, 2.75) is 24.7 Å². The van der Waals surface area contributed by atoms with E-state index < -0.39 is 60.5 Å². The Hall–Kier alpha value is -4.44. The van der Waals surface area contributed by atoms with Crippen molar-refractivity contribution in [3.8, 4) is 0 Å². The highest BCUT2D eigenvalue weighted by molar-refractivity contribution is 5.80. The molecule has 16 nitrogen and oxygen atoms in total. The van der Waals surface area contributed by atoms with Crippen LogP contribution in [0.15, 0.2) is 49.8 Å². The summed E-state index contributed by atoms with van der Waals surface area (Å²) < 4.78 is 22.1. The van der Waals surface area contributed by atoms with Gasteiger partial charge in [0.2, 0.25) is 0 Å². The van der Waals surface area contributed by atoms with Gasteiger partial charge in [-0.25, -0.2) is 20.2 Å². The van der Waals surface area contributed by atoms with Crippen LogP contribution in [0.3, 0.4) is 0 Å². The molecule has 0 saturated heterocycles. The van der Waals surface area contributed by atoms with Crippen LogP contribution in [0.4, 0.5) is 9.59 Å². The second kappa shape index (κ2) is 12.9. The van der Waals surface area contributed by atoms with Gasteiger partial charge in [0, 0.05) is 24.8 Å². The second-order valence-corrected chi connectivity index (χ2v) is 7.22.